The molecule has 106 valence electrons. The summed E-state index contributed by atoms with van der Waals surface area (Å²) < 4.78 is 43.3. The van der Waals surface area contributed by atoms with E-state index in [2.05, 4.69) is 4.98 Å². The molecule has 0 saturated heterocycles. The van der Waals surface area contributed by atoms with Crippen molar-refractivity contribution in [3.8, 4) is 5.75 Å². The third-order valence-corrected chi connectivity index (χ3v) is 2.98. The van der Waals surface area contributed by atoms with E-state index >= 15 is 0 Å². The molecule has 0 saturated carbocycles. The molecule has 0 unspecified atom stereocenters. The molecule has 20 heavy (non-hydrogen) atoms. The maximum absolute atomic E-state index is 12.7. The number of halogens is 5. The molecule has 0 spiro atoms. The molecule has 0 aliphatic carbocycles. The minimum absolute atomic E-state index is 0.0784. The molecule has 0 amide bonds. The summed E-state index contributed by atoms with van der Waals surface area (Å²) in [7, 11) is 0. The van der Waals surface area contributed by atoms with E-state index in [1.54, 1.807) is 12.1 Å². The molecule has 1 aromatic heterocycles. The first kappa shape index (κ1) is 14.9. The van der Waals surface area contributed by atoms with Crippen molar-refractivity contribution in [3.63, 3.8) is 0 Å². The van der Waals surface area contributed by atoms with Crippen LogP contribution in [0, 0.1) is 0 Å². The third kappa shape index (κ3) is 3.77. The third-order valence-electron chi connectivity index (χ3n) is 2.44. The van der Waals surface area contributed by atoms with Crippen molar-refractivity contribution in [2.24, 2.45) is 0 Å². The van der Waals surface area contributed by atoms with Crippen LogP contribution in [0.3, 0.4) is 0 Å². The second kappa shape index (κ2) is 5.89. The van der Waals surface area contributed by atoms with Crippen LogP contribution in [0.5, 0.6) is 5.75 Å². The first-order valence-electron chi connectivity index (χ1n) is 5.46. The number of alkyl halides is 3. The SMILES string of the molecule is FC(F)(F)c1cc(OCc2ccnc(Cl)c2)ccc1Cl. The minimum atomic E-state index is -4.52. The highest BCUT2D eigenvalue weighted by molar-refractivity contribution is 6.31. The normalized spacial score (nSPS) is 11.4. The van der Waals surface area contributed by atoms with Gasteiger partial charge in [0.15, 0.2) is 0 Å². The lowest BCUT2D eigenvalue weighted by Crippen LogP contribution is -2.06. The van der Waals surface area contributed by atoms with Crippen molar-refractivity contribution in [1.82, 2.24) is 4.98 Å². The number of rotatable bonds is 3. The Bertz CT molecular complexity index is 617. The Morgan fingerprint density at radius 2 is 1.85 bits per heavy atom. The van der Waals surface area contributed by atoms with Gasteiger partial charge in [-0.05, 0) is 35.9 Å². The van der Waals surface area contributed by atoms with Crippen LogP contribution < -0.4 is 4.74 Å². The average molecular weight is 322 g/mol. The van der Waals surface area contributed by atoms with E-state index in [-0.39, 0.29) is 22.5 Å². The van der Waals surface area contributed by atoms with Crippen molar-refractivity contribution in [1.29, 1.82) is 0 Å². The summed E-state index contributed by atoms with van der Waals surface area (Å²) in [6.45, 7) is 0.0845. The van der Waals surface area contributed by atoms with Crippen LogP contribution in [-0.2, 0) is 12.8 Å². The van der Waals surface area contributed by atoms with Crippen LogP contribution in [0.2, 0.25) is 10.2 Å². The number of aromatic nitrogens is 1. The predicted molar refractivity (Wildman–Crippen MR) is 70.0 cm³/mol. The van der Waals surface area contributed by atoms with Gasteiger partial charge in [0.25, 0.3) is 0 Å². The van der Waals surface area contributed by atoms with Gasteiger partial charge < -0.3 is 4.74 Å². The first-order valence-corrected chi connectivity index (χ1v) is 6.22. The number of nitrogens with zero attached hydrogens (tertiary/aromatic N) is 1. The lowest BCUT2D eigenvalue weighted by atomic mass is 10.2. The molecule has 0 aliphatic heterocycles. The molecule has 0 fully saturated rings. The van der Waals surface area contributed by atoms with Gasteiger partial charge in [0.05, 0.1) is 10.6 Å². The van der Waals surface area contributed by atoms with Gasteiger partial charge in [0.2, 0.25) is 0 Å². The molecule has 2 aromatic rings. The molecule has 0 N–H and O–H groups in total. The molecule has 0 bridgehead atoms. The predicted octanol–water partition coefficient (Wildman–Crippen LogP) is 4.99. The molecule has 0 atom stereocenters. The Hall–Kier alpha value is -1.46. The summed E-state index contributed by atoms with van der Waals surface area (Å²) in [6, 6.07) is 6.62. The number of benzene rings is 1. The highest BCUT2D eigenvalue weighted by atomic mass is 35.5. The Morgan fingerprint density at radius 3 is 2.50 bits per heavy atom. The zero-order valence-corrected chi connectivity index (χ0v) is 11.4. The zero-order valence-electron chi connectivity index (χ0n) is 9.92. The van der Waals surface area contributed by atoms with Crippen molar-refractivity contribution >= 4 is 23.2 Å². The lowest BCUT2D eigenvalue weighted by molar-refractivity contribution is -0.137. The molecule has 0 aliphatic rings. The van der Waals surface area contributed by atoms with Crippen LogP contribution in [0.1, 0.15) is 11.1 Å². The molecule has 0 radical (unpaired) electrons. The Kier molecular flexibility index (Phi) is 4.40. The highest BCUT2D eigenvalue weighted by Gasteiger charge is 2.33. The maximum Gasteiger partial charge on any atom is 0.417 e. The second-order valence-corrected chi connectivity index (χ2v) is 4.71. The van der Waals surface area contributed by atoms with E-state index in [1.165, 1.54) is 12.3 Å². The van der Waals surface area contributed by atoms with E-state index in [1.807, 2.05) is 0 Å². The smallest absolute Gasteiger partial charge is 0.417 e. The van der Waals surface area contributed by atoms with Crippen LogP contribution in [0.25, 0.3) is 0 Å². The van der Waals surface area contributed by atoms with Gasteiger partial charge in [0.1, 0.15) is 17.5 Å². The molecule has 7 heteroatoms. The van der Waals surface area contributed by atoms with Gasteiger partial charge in [0, 0.05) is 6.20 Å². The molecule has 2 nitrogen and oxygen atoms in total. The van der Waals surface area contributed by atoms with Gasteiger partial charge in [-0.2, -0.15) is 13.2 Å². The average Bonchev–Trinajstić information content (AvgIpc) is 2.36. The number of pyridine rings is 1. The Balaban J connectivity index is 2.14. The van der Waals surface area contributed by atoms with E-state index in [0.717, 1.165) is 12.1 Å². The Morgan fingerprint density at radius 1 is 1.10 bits per heavy atom. The molecule has 2 rings (SSSR count). The number of hydrogen-bond donors (Lipinski definition) is 0. The van der Waals surface area contributed by atoms with Gasteiger partial charge in [-0.25, -0.2) is 4.98 Å². The van der Waals surface area contributed by atoms with Gasteiger partial charge >= 0.3 is 6.18 Å². The second-order valence-electron chi connectivity index (χ2n) is 3.91. The largest absolute Gasteiger partial charge is 0.489 e. The standard InChI is InChI=1S/C13H8Cl2F3NO/c14-11-2-1-9(6-10(11)13(16,17)18)20-7-8-3-4-19-12(15)5-8/h1-6H,7H2. The van der Waals surface area contributed by atoms with E-state index in [0.29, 0.717) is 5.56 Å². The minimum Gasteiger partial charge on any atom is -0.489 e. The fourth-order valence-electron chi connectivity index (χ4n) is 1.51. The van der Waals surface area contributed by atoms with E-state index < -0.39 is 11.7 Å². The van der Waals surface area contributed by atoms with Crippen LogP contribution in [-0.4, -0.2) is 4.98 Å². The summed E-state index contributed by atoms with van der Waals surface area (Å²) in [6.07, 6.45) is -3.03. The quantitative estimate of drug-likeness (QED) is 0.743. The van der Waals surface area contributed by atoms with Crippen molar-refractivity contribution < 1.29 is 17.9 Å². The van der Waals surface area contributed by atoms with Gasteiger partial charge in [-0.15, -0.1) is 0 Å². The maximum atomic E-state index is 12.7. The lowest BCUT2D eigenvalue weighted by Gasteiger charge is -2.12. The van der Waals surface area contributed by atoms with Crippen molar-refractivity contribution in [2.75, 3.05) is 0 Å². The summed E-state index contributed by atoms with van der Waals surface area (Å²) in [5.74, 6) is 0.0784. The van der Waals surface area contributed by atoms with Gasteiger partial charge in [-0.1, -0.05) is 23.2 Å². The highest BCUT2D eigenvalue weighted by Crippen LogP contribution is 2.36. The van der Waals surface area contributed by atoms with E-state index in [9.17, 15) is 13.2 Å². The Labute approximate surface area is 123 Å². The van der Waals surface area contributed by atoms with Gasteiger partial charge in [-0.3, -0.25) is 0 Å². The van der Waals surface area contributed by atoms with Crippen LogP contribution in [0.4, 0.5) is 13.2 Å². The molecular weight excluding hydrogens is 314 g/mol. The summed E-state index contributed by atoms with van der Waals surface area (Å²) >= 11 is 11.2. The summed E-state index contributed by atoms with van der Waals surface area (Å²) in [5, 5.41) is -0.0741. The zero-order chi connectivity index (χ0) is 14.8. The fraction of sp³-hybridized carbons (Fsp3) is 0.154. The topological polar surface area (TPSA) is 22.1 Å². The number of hydrogen-bond acceptors (Lipinski definition) is 2. The van der Waals surface area contributed by atoms with E-state index in [4.69, 9.17) is 27.9 Å². The van der Waals surface area contributed by atoms with Crippen molar-refractivity contribution in [2.45, 2.75) is 12.8 Å². The monoisotopic (exact) mass is 321 g/mol. The summed E-state index contributed by atoms with van der Waals surface area (Å²) in [4.78, 5) is 3.80. The molecular formula is C13H8Cl2F3NO. The van der Waals surface area contributed by atoms with Crippen LogP contribution in [0.15, 0.2) is 36.5 Å². The molecule has 1 aromatic carbocycles. The number of ether oxygens (including phenoxy) is 1. The first-order chi connectivity index (χ1) is 9.36. The van der Waals surface area contributed by atoms with Crippen LogP contribution >= 0.6 is 23.2 Å². The fourth-order valence-corrected chi connectivity index (χ4v) is 1.93. The molecule has 1 heterocycles. The van der Waals surface area contributed by atoms with Crippen molar-refractivity contribution in [3.05, 3.63) is 57.8 Å². The summed E-state index contributed by atoms with van der Waals surface area (Å²) in [5.41, 5.74) is -0.224.